The summed E-state index contributed by atoms with van der Waals surface area (Å²) in [6.45, 7) is 0. The Kier molecular flexibility index (Phi) is 3.41. The summed E-state index contributed by atoms with van der Waals surface area (Å²) >= 11 is 0. The zero-order chi connectivity index (χ0) is 18.4. The van der Waals surface area contributed by atoms with E-state index in [1.807, 2.05) is 48.4 Å². The van der Waals surface area contributed by atoms with Gasteiger partial charge in [0.15, 0.2) is 0 Å². The van der Waals surface area contributed by atoms with Crippen molar-refractivity contribution in [2.24, 2.45) is 7.05 Å². The van der Waals surface area contributed by atoms with E-state index in [0.29, 0.717) is 5.56 Å². The fourth-order valence-electron chi connectivity index (χ4n) is 3.75. The van der Waals surface area contributed by atoms with Crippen LogP contribution in [-0.4, -0.2) is 14.8 Å². The van der Waals surface area contributed by atoms with Crippen molar-refractivity contribution in [3.8, 4) is 28.5 Å². The summed E-state index contributed by atoms with van der Waals surface area (Å²) in [5.74, 6) is 0. The van der Waals surface area contributed by atoms with E-state index in [4.69, 9.17) is 10.2 Å². The third-order valence-electron chi connectivity index (χ3n) is 5.15. The van der Waals surface area contributed by atoms with Crippen molar-refractivity contribution in [3.63, 3.8) is 0 Å². The molecule has 27 heavy (non-hydrogen) atoms. The van der Waals surface area contributed by atoms with Crippen LogP contribution in [0.25, 0.3) is 39.4 Å². The maximum atomic E-state index is 9.11. The van der Waals surface area contributed by atoms with E-state index in [2.05, 4.69) is 41.5 Å². The first kappa shape index (κ1) is 15.5. The smallest absolute Gasteiger partial charge is 0.0991 e. The van der Waals surface area contributed by atoms with Gasteiger partial charge in [-0.25, -0.2) is 0 Å². The number of hydrogen-bond donors (Lipinski definition) is 0. The van der Waals surface area contributed by atoms with E-state index in [1.54, 1.807) is 0 Å². The minimum atomic E-state index is 0.660. The summed E-state index contributed by atoms with van der Waals surface area (Å²) in [5.41, 5.74) is 8.43. The maximum Gasteiger partial charge on any atom is 0.0991 e. The highest BCUT2D eigenvalue weighted by Crippen LogP contribution is 2.38. The Hall–Kier alpha value is -3.71. The molecule has 1 aliphatic rings. The van der Waals surface area contributed by atoms with Crippen LogP contribution in [0.4, 0.5) is 0 Å². The lowest BCUT2D eigenvalue weighted by atomic mass is 9.92. The Labute approximate surface area is 157 Å². The quantitative estimate of drug-likeness (QED) is 0.525. The van der Waals surface area contributed by atoms with E-state index in [0.717, 1.165) is 39.7 Å². The van der Waals surface area contributed by atoms with Gasteiger partial charge < -0.3 is 0 Å². The molecule has 0 bridgehead atoms. The van der Waals surface area contributed by atoms with Crippen molar-refractivity contribution in [3.05, 3.63) is 77.6 Å². The predicted molar refractivity (Wildman–Crippen MR) is 107 cm³/mol. The fourth-order valence-corrected chi connectivity index (χ4v) is 3.75. The number of allylic oxidation sites excluding steroid dienone is 1. The number of hydrogen-bond acceptors (Lipinski definition) is 3. The summed E-state index contributed by atoms with van der Waals surface area (Å²) in [7, 11) is 1.95. The molecule has 4 nitrogen and oxygen atoms in total. The van der Waals surface area contributed by atoms with Crippen LogP contribution in [0.3, 0.4) is 0 Å². The van der Waals surface area contributed by atoms with E-state index in [1.165, 1.54) is 11.1 Å². The molecule has 4 aromatic rings. The molecule has 1 aliphatic carbocycles. The monoisotopic (exact) mass is 348 g/mol. The molecule has 0 unspecified atom stereocenters. The zero-order valence-corrected chi connectivity index (χ0v) is 14.8. The molecule has 0 aliphatic heterocycles. The van der Waals surface area contributed by atoms with Gasteiger partial charge in [0.05, 0.1) is 29.0 Å². The van der Waals surface area contributed by atoms with Gasteiger partial charge in [0.1, 0.15) is 0 Å². The highest BCUT2D eigenvalue weighted by molar-refractivity contribution is 5.92. The summed E-state index contributed by atoms with van der Waals surface area (Å²) in [6.07, 6.45) is 9.12. The average Bonchev–Trinajstić information content (AvgIpc) is 3.34. The van der Waals surface area contributed by atoms with Crippen LogP contribution in [0, 0.1) is 11.3 Å². The average molecular weight is 348 g/mol. The van der Waals surface area contributed by atoms with Crippen molar-refractivity contribution in [1.29, 1.82) is 5.26 Å². The van der Waals surface area contributed by atoms with Gasteiger partial charge >= 0.3 is 0 Å². The lowest BCUT2D eigenvalue weighted by Gasteiger charge is -2.14. The second-order valence-corrected chi connectivity index (χ2v) is 6.76. The number of benzene rings is 2. The minimum absolute atomic E-state index is 0.660. The standard InChI is InChI=1S/C23H16N4/c1-27-21-10-9-17(11-19(21)14-26-27)23-22(16-7-5-15(12-24)6-8-16)20-4-2-3-18(20)13-25-23/h2,4-11,13-14H,3H2,1H3. The molecule has 0 atom stereocenters. The highest BCUT2D eigenvalue weighted by atomic mass is 15.2. The summed E-state index contributed by atoms with van der Waals surface area (Å²) in [4.78, 5) is 4.82. The Morgan fingerprint density at radius 2 is 1.85 bits per heavy atom. The topological polar surface area (TPSA) is 54.5 Å². The molecule has 2 aromatic carbocycles. The first-order valence-corrected chi connectivity index (χ1v) is 8.85. The van der Waals surface area contributed by atoms with Crippen LogP contribution in [0.5, 0.6) is 0 Å². The van der Waals surface area contributed by atoms with Crippen LogP contribution >= 0.6 is 0 Å². The lowest BCUT2D eigenvalue weighted by Crippen LogP contribution is -1.96. The molecule has 2 aromatic heterocycles. The number of aryl methyl sites for hydroxylation is 1. The summed E-state index contributed by atoms with van der Waals surface area (Å²) < 4.78 is 1.87. The van der Waals surface area contributed by atoms with Gasteiger partial charge in [-0.05, 0) is 47.4 Å². The van der Waals surface area contributed by atoms with Gasteiger partial charge in [0.2, 0.25) is 0 Å². The molecule has 0 amide bonds. The normalized spacial score (nSPS) is 12.3. The molecule has 0 spiro atoms. The highest BCUT2D eigenvalue weighted by Gasteiger charge is 2.19. The van der Waals surface area contributed by atoms with E-state index >= 15 is 0 Å². The van der Waals surface area contributed by atoms with Gasteiger partial charge in [0.25, 0.3) is 0 Å². The molecule has 5 rings (SSSR count). The molecule has 0 fully saturated rings. The van der Waals surface area contributed by atoms with Gasteiger partial charge in [-0.15, -0.1) is 0 Å². The minimum Gasteiger partial charge on any atom is -0.268 e. The SMILES string of the molecule is Cn1ncc2cc(-c3ncc4c(c3-c3ccc(C#N)cc3)C=CC4)ccc21. The molecule has 4 heteroatoms. The largest absolute Gasteiger partial charge is 0.268 e. The number of pyridine rings is 1. The predicted octanol–water partition coefficient (Wildman–Crippen LogP) is 4.74. The third-order valence-corrected chi connectivity index (χ3v) is 5.15. The van der Waals surface area contributed by atoms with Crippen LogP contribution in [0.2, 0.25) is 0 Å². The van der Waals surface area contributed by atoms with Gasteiger partial charge in [-0.3, -0.25) is 9.67 Å². The number of aromatic nitrogens is 3. The first-order chi connectivity index (χ1) is 13.2. The number of rotatable bonds is 2. The molecule has 0 radical (unpaired) electrons. The number of fused-ring (bicyclic) bond motifs is 2. The first-order valence-electron chi connectivity index (χ1n) is 8.85. The second kappa shape index (κ2) is 5.93. The van der Waals surface area contributed by atoms with Gasteiger partial charge in [-0.1, -0.05) is 30.4 Å². The molecule has 0 N–H and O–H groups in total. The zero-order valence-electron chi connectivity index (χ0n) is 14.8. The molecule has 0 saturated carbocycles. The summed E-state index contributed by atoms with van der Waals surface area (Å²) in [6, 6.07) is 16.3. The van der Waals surface area contributed by atoms with Gasteiger partial charge in [0, 0.05) is 29.8 Å². The van der Waals surface area contributed by atoms with Crippen LogP contribution in [0.15, 0.2) is 60.9 Å². The Morgan fingerprint density at radius 3 is 2.67 bits per heavy atom. The molecule has 0 saturated heterocycles. The fraction of sp³-hybridized carbons (Fsp3) is 0.0870. The van der Waals surface area contributed by atoms with Crippen molar-refractivity contribution < 1.29 is 0 Å². The van der Waals surface area contributed by atoms with Crippen molar-refractivity contribution in [1.82, 2.24) is 14.8 Å². The molecule has 2 heterocycles. The van der Waals surface area contributed by atoms with E-state index < -0.39 is 0 Å². The van der Waals surface area contributed by atoms with Crippen LogP contribution in [0.1, 0.15) is 16.7 Å². The van der Waals surface area contributed by atoms with E-state index in [-0.39, 0.29) is 0 Å². The number of nitrogens with zero attached hydrogens (tertiary/aromatic N) is 4. The van der Waals surface area contributed by atoms with Crippen molar-refractivity contribution in [2.45, 2.75) is 6.42 Å². The Bertz CT molecular complexity index is 1250. The van der Waals surface area contributed by atoms with Gasteiger partial charge in [-0.2, -0.15) is 10.4 Å². The van der Waals surface area contributed by atoms with Crippen molar-refractivity contribution in [2.75, 3.05) is 0 Å². The molecule has 128 valence electrons. The Balaban J connectivity index is 1.76. The van der Waals surface area contributed by atoms with Crippen LogP contribution in [-0.2, 0) is 13.5 Å². The van der Waals surface area contributed by atoms with Crippen LogP contribution < -0.4 is 0 Å². The Morgan fingerprint density at radius 1 is 1.04 bits per heavy atom. The van der Waals surface area contributed by atoms with Crippen molar-refractivity contribution >= 4 is 17.0 Å². The maximum absolute atomic E-state index is 9.11. The molecular weight excluding hydrogens is 332 g/mol. The third kappa shape index (κ3) is 2.44. The molecular formula is C23H16N4. The summed E-state index contributed by atoms with van der Waals surface area (Å²) in [5, 5.41) is 14.5. The lowest BCUT2D eigenvalue weighted by molar-refractivity contribution is 0.797. The number of nitriles is 1. The van der Waals surface area contributed by atoms with E-state index in [9.17, 15) is 0 Å². The second-order valence-electron chi connectivity index (χ2n) is 6.76.